The number of rotatable bonds is 5. The topological polar surface area (TPSA) is 64.3 Å². The van der Waals surface area contributed by atoms with Crippen LogP contribution in [-0.4, -0.2) is 24.2 Å². The van der Waals surface area contributed by atoms with Gasteiger partial charge in [0.25, 0.3) is 0 Å². The number of hydrogen-bond acceptors (Lipinski definition) is 4. The Morgan fingerprint density at radius 3 is 2.85 bits per heavy atom. The van der Waals surface area contributed by atoms with E-state index in [2.05, 4.69) is 21.2 Å². The largest absolute Gasteiger partial charge is 0.378 e. The van der Waals surface area contributed by atoms with E-state index in [4.69, 9.17) is 10.5 Å². The number of amides is 1. The third-order valence-electron chi connectivity index (χ3n) is 4.34. The van der Waals surface area contributed by atoms with E-state index in [9.17, 15) is 4.79 Å². The SMILES string of the molecule is CCOC1CC(N)(C(=O)NCc2sccc2Br)C1(C)C. The van der Waals surface area contributed by atoms with E-state index < -0.39 is 5.54 Å². The first-order chi connectivity index (χ1) is 9.33. The van der Waals surface area contributed by atoms with Gasteiger partial charge in [-0.25, -0.2) is 0 Å². The summed E-state index contributed by atoms with van der Waals surface area (Å²) >= 11 is 5.07. The van der Waals surface area contributed by atoms with Crippen LogP contribution in [0, 0.1) is 5.41 Å². The zero-order valence-electron chi connectivity index (χ0n) is 12.0. The minimum absolute atomic E-state index is 0.0525. The predicted octanol–water partition coefficient (Wildman–Crippen LogP) is 2.66. The highest BCUT2D eigenvalue weighted by molar-refractivity contribution is 9.10. The van der Waals surface area contributed by atoms with E-state index in [-0.39, 0.29) is 17.4 Å². The van der Waals surface area contributed by atoms with Crippen molar-refractivity contribution in [3.8, 4) is 0 Å². The van der Waals surface area contributed by atoms with Crippen molar-refractivity contribution in [2.24, 2.45) is 11.1 Å². The molecule has 112 valence electrons. The summed E-state index contributed by atoms with van der Waals surface area (Å²) in [7, 11) is 0. The smallest absolute Gasteiger partial charge is 0.241 e. The summed E-state index contributed by atoms with van der Waals surface area (Å²) < 4.78 is 6.66. The standard InChI is InChI=1S/C14H21BrN2O2S/c1-4-19-11-7-14(16,13(11,2)3)12(18)17-8-10-9(15)5-6-20-10/h5-6,11H,4,7-8,16H2,1-3H3,(H,17,18). The molecule has 1 saturated carbocycles. The van der Waals surface area contributed by atoms with Gasteiger partial charge in [0.15, 0.2) is 0 Å². The number of carbonyl (C=O) groups is 1. The van der Waals surface area contributed by atoms with Gasteiger partial charge in [-0.05, 0) is 34.3 Å². The highest BCUT2D eigenvalue weighted by Gasteiger charge is 2.62. The van der Waals surface area contributed by atoms with Gasteiger partial charge in [0, 0.05) is 27.8 Å². The van der Waals surface area contributed by atoms with Crippen LogP contribution in [0.1, 0.15) is 32.1 Å². The Kier molecular flexibility index (Phi) is 4.59. The van der Waals surface area contributed by atoms with Gasteiger partial charge in [-0.2, -0.15) is 0 Å². The fraction of sp³-hybridized carbons (Fsp3) is 0.643. The van der Waals surface area contributed by atoms with E-state index in [1.807, 2.05) is 32.2 Å². The molecule has 1 fully saturated rings. The monoisotopic (exact) mass is 360 g/mol. The molecule has 0 spiro atoms. The first-order valence-electron chi connectivity index (χ1n) is 6.73. The van der Waals surface area contributed by atoms with Crippen LogP contribution in [0.25, 0.3) is 0 Å². The molecule has 0 aliphatic heterocycles. The fourth-order valence-corrected chi connectivity index (χ4v) is 4.02. The number of carbonyl (C=O) groups excluding carboxylic acids is 1. The maximum Gasteiger partial charge on any atom is 0.241 e. The average molecular weight is 361 g/mol. The number of hydrogen-bond donors (Lipinski definition) is 2. The Hall–Kier alpha value is -0.430. The quantitative estimate of drug-likeness (QED) is 0.848. The zero-order chi connectivity index (χ0) is 15.0. The number of nitrogens with one attached hydrogen (secondary N) is 1. The van der Waals surface area contributed by atoms with Crippen molar-refractivity contribution in [2.75, 3.05) is 6.61 Å². The highest BCUT2D eigenvalue weighted by atomic mass is 79.9. The Bertz CT molecular complexity index is 503. The lowest BCUT2D eigenvalue weighted by atomic mass is 9.54. The van der Waals surface area contributed by atoms with Crippen molar-refractivity contribution < 1.29 is 9.53 Å². The summed E-state index contributed by atoms with van der Waals surface area (Å²) in [6.07, 6.45) is 0.627. The molecule has 0 bridgehead atoms. The second-order valence-electron chi connectivity index (χ2n) is 5.72. The van der Waals surface area contributed by atoms with Crippen molar-refractivity contribution in [3.05, 3.63) is 20.8 Å². The molecule has 20 heavy (non-hydrogen) atoms. The lowest BCUT2D eigenvalue weighted by Gasteiger charge is -2.57. The second kappa shape index (κ2) is 5.75. The molecule has 0 saturated heterocycles. The minimum Gasteiger partial charge on any atom is -0.378 e. The summed E-state index contributed by atoms with van der Waals surface area (Å²) in [6.45, 7) is 7.11. The van der Waals surface area contributed by atoms with Crippen molar-refractivity contribution in [1.82, 2.24) is 5.32 Å². The summed E-state index contributed by atoms with van der Waals surface area (Å²) in [5, 5.41) is 4.94. The van der Waals surface area contributed by atoms with Crippen LogP contribution >= 0.6 is 27.3 Å². The molecule has 1 aliphatic rings. The molecule has 1 aromatic heterocycles. The summed E-state index contributed by atoms with van der Waals surface area (Å²) in [6, 6.07) is 1.97. The molecule has 2 unspecified atom stereocenters. The van der Waals surface area contributed by atoms with Crippen LogP contribution < -0.4 is 11.1 Å². The van der Waals surface area contributed by atoms with E-state index in [0.29, 0.717) is 19.6 Å². The van der Waals surface area contributed by atoms with Crippen LogP contribution in [0.15, 0.2) is 15.9 Å². The van der Waals surface area contributed by atoms with Gasteiger partial charge in [0.1, 0.15) is 5.54 Å². The molecular weight excluding hydrogens is 340 g/mol. The highest BCUT2D eigenvalue weighted by Crippen LogP contribution is 2.49. The maximum atomic E-state index is 12.4. The summed E-state index contributed by atoms with van der Waals surface area (Å²) in [5.41, 5.74) is 5.12. The van der Waals surface area contributed by atoms with Crippen LogP contribution in [-0.2, 0) is 16.1 Å². The Labute approximate surface area is 132 Å². The molecule has 2 rings (SSSR count). The molecule has 0 radical (unpaired) electrons. The molecule has 2 atom stereocenters. The average Bonchev–Trinajstić information content (AvgIpc) is 2.81. The van der Waals surface area contributed by atoms with Gasteiger partial charge in [0.2, 0.25) is 5.91 Å². The molecule has 3 N–H and O–H groups in total. The van der Waals surface area contributed by atoms with Gasteiger partial charge >= 0.3 is 0 Å². The maximum absolute atomic E-state index is 12.4. The minimum atomic E-state index is -0.851. The molecule has 1 aromatic rings. The Morgan fingerprint density at radius 1 is 1.65 bits per heavy atom. The van der Waals surface area contributed by atoms with Crippen LogP contribution in [0.3, 0.4) is 0 Å². The van der Waals surface area contributed by atoms with Crippen LogP contribution in [0.5, 0.6) is 0 Å². The van der Waals surface area contributed by atoms with Gasteiger partial charge in [-0.3, -0.25) is 4.79 Å². The fourth-order valence-electron chi connectivity index (χ4n) is 2.59. The Morgan fingerprint density at radius 2 is 2.35 bits per heavy atom. The number of nitrogens with two attached hydrogens (primary N) is 1. The third-order valence-corrected chi connectivity index (χ3v) is 6.26. The van der Waals surface area contributed by atoms with Crippen molar-refractivity contribution in [3.63, 3.8) is 0 Å². The van der Waals surface area contributed by atoms with Crippen LogP contribution in [0.4, 0.5) is 0 Å². The molecule has 1 aliphatic carbocycles. The van der Waals surface area contributed by atoms with E-state index in [0.717, 1.165) is 9.35 Å². The van der Waals surface area contributed by atoms with E-state index in [1.54, 1.807) is 11.3 Å². The third kappa shape index (κ3) is 2.54. The van der Waals surface area contributed by atoms with Crippen molar-refractivity contribution in [1.29, 1.82) is 0 Å². The number of ether oxygens (including phenoxy) is 1. The van der Waals surface area contributed by atoms with Crippen molar-refractivity contribution >= 4 is 33.2 Å². The van der Waals surface area contributed by atoms with Crippen LogP contribution in [0.2, 0.25) is 0 Å². The zero-order valence-corrected chi connectivity index (χ0v) is 14.4. The lowest BCUT2D eigenvalue weighted by Crippen LogP contribution is -2.75. The van der Waals surface area contributed by atoms with Gasteiger partial charge in [0.05, 0.1) is 12.6 Å². The first-order valence-corrected chi connectivity index (χ1v) is 8.41. The molecule has 6 heteroatoms. The van der Waals surface area contributed by atoms with Gasteiger partial charge in [-0.1, -0.05) is 13.8 Å². The van der Waals surface area contributed by atoms with Gasteiger partial charge in [-0.15, -0.1) is 11.3 Å². The molecule has 1 amide bonds. The second-order valence-corrected chi connectivity index (χ2v) is 7.57. The summed E-state index contributed by atoms with van der Waals surface area (Å²) in [5.74, 6) is -0.0984. The number of halogens is 1. The molecule has 4 nitrogen and oxygen atoms in total. The lowest BCUT2D eigenvalue weighted by molar-refractivity contribution is -0.170. The normalized spacial score (nSPS) is 27.9. The Balaban J connectivity index is 1.98. The number of thiophene rings is 1. The summed E-state index contributed by atoms with van der Waals surface area (Å²) in [4.78, 5) is 13.5. The molecular formula is C14H21BrN2O2S. The van der Waals surface area contributed by atoms with E-state index >= 15 is 0 Å². The van der Waals surface area contributed by atoms with E-state index in [1.165, 1.54) is 0 Å². The predicted molar refractivity (Wildman–Crippen MR) is 84.6 cm³/mol. The van der Waals surface area contributed by atoms with Crippen molar-refractivity contribution in [2.45, 2.75) is 45.4 Å². The van der Waals surface area contributed by atoms with Gasteiger partial charge < -0.3 is 15.8 Å². The molecule has 0 aromatic carbocycles. The molecule has 1 heterocycles. The first kappa shape index (κ1) is 15.9.